The SMILES string of the molecule is Cc1ccccc1NNC(=S)NC(C)(C)C. The first-order valence-electron chi connectivity index (χ1n) is 5.28. The zero-order chi connectivity index (χ0) is 12.2. The first kappa shape index (κ1) is 12.8. The predicted octanol–water partition coefficient (Wildman–Crippen LogP) is 2.58. The molecular weight excluding hydrogens is 218 g/mol. The third kappa shape index (κ3) is 4.49. The minimum atomic E-state index is -0.0303. The number of nitrogens with one attached hydrogen (secondary N) is 3. The van der Waals surface area contributed by atoms with Crippen LogP contribution in [0, 0.1) is 6.92 Å². The molecule has 0 unspecified atom stereocenters. The summed E-state index contributed by atoms with van der Waals surface area (Å²) in [5, 5.41) is 3.76. The maximum atomic E-state index is 5.16. The molecule has 0 spiro atoms. The molecule has 0 fully saturated rings. The first-order valence-corrected chi connectivity index (χ1v) is 5.69. The van der Waals surface area contributed by atoms with E-state index in [4.69, 9.17) is 12.2 Å². The highest BCUT2D eigenvalue weighted by atomic mass is 32.1. The molecule has 3 nitrogen and oxygen atoms in total. The van der Waals surface area contributed by atoms with Crippen molar-refractivity contribution >= 4 is 23.0 Å². The summed E-state index contributed by atoms with van der Waals surface area (Å²) in [6.07, 6.45) is 0. The van der Waals surface area contributed by atoms with Crippen LogP contribution in [0.2, 0.25) is 0 Å². The lowest BCUT2D eigenvalue weighted by molar-refractivity contribution is 0.509. The summed E-state index contributed by atoms with van der Waals surface area (Å²) in [4.78, 5) is 0. The number of hydrogen-bond donors (Lipinski definition) is 3. The van der Waals surface area contributed by atoms with Crippen molar-refractivity contribution in [3.8, 4) is 0 Å². The van der Waals surface area contributed by atoms with Crippen LogP contribution in [-0.2, 0) is 0 Å². The third-order valence-electron chi connectivity index (χ3n) is 1.94. The monoisotopic (exact) mass is 237 g/mol. The molecule has 0 aliphatic rings. The van der Waals surface area contributed by atoms with Crippen molar-refractivity contribution in [1.82, 2.24) is 10.7 Å². The van der Waals surface area contributed by atoms with E-state index in [1.165, 1.54) is 5.56 Å². The van der Waals surface area contributed by atoms with E-state index < -0.39 is 0 Å². The van der Waals surface area contributed by atoms with Crippen LogP contribution in [0.5, 0.6) is 0 Å². The lowest BCUT2D eigenvalue weighted by Gasteiger charge is -2.23. The Bertz CT molecular complexity index is 369. The van der Waals surface area contributed by atoms with Gasteiger partial charge in [0.15, 0.2) is 5.11 Å². The number of aryl methyl sites for hydroxylation is 1. The Morgan fingerprint density at radius 1 is 1.19 bits per heavy atom. The van der Waals surface area contributed by atoms with Crippen LogP contribution >= 0.6 is 12.2 Å². The van der Waals surface area contributed by atoms with Crippen LogP contribution in [0.4, 0.5) is 5.69 Å². The lowest BCUT2D eigenvalue weighted by atomic mass is 10.1. The van der Waals surface area contributed by atoms with Crippen molar-refractivity contribution in [2.75, 3.05) is 5.43 Å². The average molecular weight is 237 g/mol. The quantitative estimate of drug-likeness (QED) is 0.546. The van der Waals surface area contributed by atoms with Gasteiger partial charge in [-0.2, -0.15) is 0 Å². The van der Waals surface area contributed by atoms with Crippen LogP contribution in [-0.4, -0.2) is 10.7 Å². The highest BCUT2D eigenvalue weighted by Gasteiger charge is 2.10. The Balaban J connectivity index is 2.47. The Hall–Kier alpha value is -1.29. The van der Waals surface area contributed by atoms with Gasteiger partial charge in [-0.05, 0) is 51.5 Å². The van der Waals surface area contributed by atoms with E-state index in [2.05, 4.69) is 36.9 Å². The Morgan fingerprint density at radius 2 is 1.81 bits per heavy atom. The highest BCUT2D eigenvalue weighted by molar-refractivity contribution is 7.80. The minimum Gasteiger partial charge on any atom is -0.357 e. The fourth-order valence-corrected chi connectivity index (χ4v) is 1.57. The fourth-order valence-electron chi connectivity index (χ4n) is 1.21. The van der Waals surface area contributed by atoms with E-state index in [0.717, 1.165) is 5.69 Å². The topological polar surface area (TPSA) is 36.1 Å². The van der Waals surface area contributed by atoms with Gasteiger partial charge in [-0.1, -0.05) is 18.2 Å². The van der Waals surface area contributed by atoms with Crippen molar-refractivity contribution in [3.63, 3.8) is 0 Å². The van der Waals surface area contributed by atoms with Crippen LogP contribution in [0.1, 0.15) is 26.3 Å². The zero-order valence-corrected chi connectivity index (χ0v) is 11.0. The van der Waals surface area contributed by atoms with Crippen molar-refractivity contribution in [1.29, 1.82) is 0 Å². The third-order valence-corrected chi connectivity index (χ3v) is 2.15. The van der Waals surface area contributed by atoms with E-state index in [1.54, 1.807) is 0 Å². The summed E-state index contributed by atoms with van der Waals surface area (Å²) in [6, 6.07) is 8.04. The summed E-state index contributed by atoms with van der Waals surface area (Å²) in [5.74, 6) is 0. The smallest absolute Gasteiger partial charge is 0.185 e. The van der Waals surface area contributed by atoms with Crippen molar-refractivity contribution in [3.05, 3.63) is 29.8 Å². The van der Waals surface area contributed by atoms with Gasteiger partial charge in [0.2, 0.25) is 0 Å². The van der Waals surface area contributed by atoms with E-state index >= 15 is 0 Å². The molecule has 1 aromatic carbocycles. The van der Waals surface area contributed by atoms with E-state index in [0.29, 0.717) is 5.11 Å². The standard InChI is InChI=1S/C12H19N3S/c1-9-7-5-6-8-10(9)14-15-11(16)13-12(2,3)4/h5-8,14H,1-4H3,(H2,13,15,16). The van der Waals surface area contributed by atoms with Gasteiger partial charge >= 0.3 is 0 Å². The predicted molar refractivity (Wildman–Crippen MR) is 73.4 cm³/mol. The van der Waals surface area contributed by atoms with Gasteiger partial charge < -0.3 is 5.32 Å². The highest BCUT2D eigenvalue weighted by Crippen LogP contribution is 2.11. The van der Waals surface area contributed by atoms with Crippen LogP contribution in [0.3, 0.4) is 0 Å². The van der Waals surface area contributed by atoms with E-state index in [9.17, 15) is 0 Å². The Labute approximate surface area is 103 Å². The Kier molecular flexibility index (Phi) is 4.12. The maximum absolute atomic E-state index is 5.16. The second-order valence-corrected chi connectivity index (χ2v) is 5.18. The van der Waals surface area contributed by atoms with Crippen LogP contribution in [0.25, 0.3) is 0 Å². The molecule has 0 atom stereocenters. The lowest BCUT2D eigenvalue weighted by Crippen LogP contribution is -2.48. The molecule has 3 N–H and O–H groups in total. The molecule has 0 saturated heterocycles. The molecule has 88 valence electrons. The van der Waals surface area contributed by atoms with Gasteiger partial charge in [0.25, 0.3) is 0 Å². The van der Waals surface area contributed by atoms with Crippen molar-refractivity contribution in [2.24, 2.45) is 0 Å². The second kappa shape index (κ2) is 5.16. The molecule has 0 bridgehead atoms. The molecule has 1 aromatic rings. The molecule has 0 amide bonds. The summed E-state index contributed by atoms with van der Waals surface area (Å²) < 4.78 is 0. The summed E-state index contributed by atoms with van der Waals surface area (Å²) in [6.45, 7) is 8.24. The molecule has 0 aromatic heterocycles. The normalized spacial score (nSPS) is 10.8. The second-order valence-electron chi connectivity index (χ2n) is 4.77. The summed E-state index contributed by atoms with van der Waals surface area (Å²) in [5.41, 5.74) is 8.22. The van der Waals surface area contributed by atoms with Gasteiger partial charge in [0.1, 0.15) is 0 Å². The fraction of sp³-hybridized carbons (Fsp3) is 0.417. The number of rotatable bonds is 2. The molecular formula is C12H19N3S. The number of hydrazine groups is 1. The molecule has 1 rings (SSSR count). The number of hydrogen-bond acceptors (Lipinski definition) is 2. The molecule has 0 aliphatic heterocycles. The van der Waals surface area contributed by atoms with Gasteiger partial charge in [0, 0.05) is 5.54 Å². The van der Waals surface area contributed by atoms with Crippen LogP contribution < -0.4 is 16.2 Å². The zero-order valence-electron chi connectivity index (χ0n) is 10.2. The summed E-state index contributed by atoms with van der Waals surface area (Å²) >= 11 is 5.16. The van der Waals surface area contributed by atoms with Gasteiger partial charge in [0.05, 0.1) is 5.69 Å². The minimum absolute atomic E-state index is 0.0303. The first-order chi connectivity index (χ1) is 7.38. The molecule has 0 aliphatic carbocycles. The van der Waals surface area contributed by atoms with Gasteiger partial charge in [-0.25, -0.2) is 0 Å². The molecule has 0 radical (unpaired) electrons. The number of thiocarbonyl (C=S) groups is 1. The molecule has 4 heteroatoms. The number of para-hydroxylation sites is 1. The number of anilines is 1. The van der Waals surface area contributed by atoms with Gasteiger partial charge in [-0.15, -0.1) is 0 Å². The largest absolute Gasteiger partial charge is 0.357 e. The van der Waals surface area contributed by atoms with E-state index in [1.807, 2.05) is 31.2 Å². The number of benzene rings is 1. The van der Waals surface area contributed by atoms with Crippen molar-refractivity contribution in [2.45, 2.75) is 33.2 Å². The molecule has 0 heterocycles. The molecule has 0 saturated carbocycles. The van der Waals surface area contributed by atoms with Gasteiger partial charge in [-0.3, -0.25) is 10.9 Å². The van der Waals surface area contributed by atoms with Crippen LogP contribution in [0.15, 0.2) is 24.3 Å². The average Bonchev–Trinajstić information content (AvgIpc) is 2.14. The Morgan fingerprint density at radius 3 is 2.38 bits per heavy atom. The van der Waals surface area contributed by atoms with Crippen molar-refractivity contribution < 1.29 is 0 Å². The summed E-state index contributed by atoms with van der Waals surface area (Å²) in [7, 11) is 0. The molecule has 16 heavy (non-hydrogen) atoms. The van der Waals surface area contributed by atoms with E-state index in [-0.39, 0.29) is 5.54 Å². The maximum Gasteiger partial charge on any atom is 0.185 e.